The van der Waals surface area contributed by atoms with E-state index in [4.69, 9.17) is 9.47 Å². The Morgan fingerprint density at radius 1 is 1.07 bits per heavy atom. The number of aryl methyl sites for hydroxylation is 2. The Morgan fingerprint density at radius 3 is 2.67 bits per heavy atom. The van der Waals surface area contributed by atoms with Crippen LogP contribution < -0.4 is 14.8 Å². The highest BCUT2D eigenvalue weighted by atomic mass is 32.2. The van der Waals surface area contributed by atoms with E-state index in [9.17, 15) is 4.79 Å². The third-order valence-electron chi connectivity index (χ3n) is 4.80. The second-order valence-corrected chi connectivity index (χ2v) is 7.88. The molecule has 1 amide bonds. The first-order valence-electron chi connectivity index (χ1n) is 9.40. The number of carbonyl (C=O) groups excluding carboxylic acids is 1. The topological polar surface area (TPSA) is 77.8 Å². The van der Waals surface area contributed by atoms with Crippen LogP contribution in [0.5, 0.6) is 11.5 Å². The summed E-state index contributed by atoms with van der Waals surface area (Å²) in [5.74, 6) is 1.22. The van der Waals surface area contributed by atoms with E-state index in [1.54, 1.807) is 32.4 Å². The number of thioether (sulfide) groups is 1. The Balaban J connectivity index is 1.58. The SMILES string of the molecule is COc1ccc(OC)c(NC(=O)CSc2nnc3c(C)cc4cc(C)ccc4n23)c1. The second-order valence-electron chi connectivity index (χ2n) is 6.93. The van der Waals surface area contributed by atoms with Crippen LogP contribution >= 0.6 is 11.8 Å². The number of nitrogens with zero attached hydrogens (tertiary/aromatic N) is 3. The van der Waals surface area contributed by atoms with Gasteiger partial charge in [-0.25, -0.2) is 0 Å². The minimum Gasteiger partial charge on any atom is -0.497 e. The lowest BCUT2D eigenvalue weighted by Crippen LogP contribution is -2.15. The van der Waals surface area contributed by atoms with Gasteiger partial charge in [0.15, 0.2) is 10.8 Å². The molecule has 0 spiro atoms. The Labute approximate surface area is 178 Å². The summed E-state index contributed by atoms with van der Waals surface area (Å²) in [6.45, 7) is 4.08. The summed E-state index contributed by atoms with van der Waals surface area (Å²) in [6, 6.07) is 13.6. The molecule has 8 heteroatoms. The fourth-order valence-electron chi connectivity index (χ4n) is 3.36. The summed E-state index contributed by atoms with van der Waals surface area (Å²) in [5.41, 5.74) is 4.60. The summed E-state index contributed by atoms with van der Waals surface area (Å²) < 4.78 is 12.6. The summed E-state index contributed by atoms with van der Waals surface area (Å²) in [6.07, 6.45) is 0. The number of nitrogens with one attached hydrogen (secondary N) is 1. The molecule has 7 nitrogen and oxygen atoms in total. The average molecular weight is 423 g/mol. The lowest BCUT2D eigenvalue weighted by molar-refractivity contribution is -0.113. The number of fused-ring (bicyclic) bond motifs is 3. The van der Waals surface area contributed by atoms with Crippen LogP contribution in [0.3, 0.4) is 0 Å². The van der Waals surface area contributed by atoms with Crippen molar-refractivity contribution in [3.05, 3.63) is 53.6 Å². The molecule has 2 heterocycles. The van der Waals surface area contributed by atoms with Gasteiger partial charge < -0.3 is 14.8 Å². The molecule has 2 aromatic carbocycles. The molecule has 0 bridgehead atoms. The maximum absolute atomic E-state index is 12.6. The molecule has 0 aliphatic rings. The lowest BCUT2D eigenvalue weighted by Gasteiger charge is -2.11. The van der Waals surface area contributed by atoms with Gasteiger partial charge >= 0.3 is 0 Å². The predicted molar refractivity (Wildman–Crippen MR) is 119 cm³/mol. The minimum atomic E-state index is -0.170. The van der Waals surface area contributed by atoms with E-state index in [1.807, 2.05) is 11.3 Å². The smallest absolute Gasteiger partial charge is 0.234 e. The van der Waals surface area contributed by atoms with Crippen molar-refractivity contribution >= 4 is 39.9 Å². The highest BCUT2D eigenvalue weighted by Crippen LogP contribution is 2.30. The van der Waals surface area contributed by atoms with Crippen LogP contribution in [0.2, 0.25) is 0 Å². The summed E-state index contributed by atoms with van der Waals surface area (Å²) >= 11 is 1.34. The standard InChI is InChI=1S/C22H22N4O3S/c1-13-5-7-18-15(9-13)10-14(2)21-24-25-22(26(18)21)30-12-20(27)23-17-11-16(28-3)6-8-19(17)29-4/h5-11H,12H2,1-4H3,(H,23,27). The van der Waals surface area contributed by atoms with Gasteiger partial charge in [-0.15, -0.1) is 10.2 Å². The molecular formula is C22H22N4O3S. The second kappa shape index (κ2) is 8.23. The largest absolute Gasteiger partial charge is 0.497 e. The molecule has 0 saturated carbocycles. The van der Waals surface area contributed by atoms with Crippen molar-refractivity contribution in [1.82, 2.24) is 14.6 Å². The molecular weight excluding hydrogens is 400 g/mol. The van der Waals surface area contributed by atoms with E-state index in [0.29, 0.717) is 22.3 Å². The molecule has 154 valence electrons. The van der Waals surface area contributed by atoms with Gasteiger partial charge in [0.1, 0.15) is 11.5 Å². The van der Waals surface area contributed by atoms with Gasteiger partial charge in [-0.05, 0) is 55.1 Å². The quantitative estimate of drug-likeness (QED) is 0.468. The van der Waals surface area contributed by atoms with Crippen molar-refractivity contribution in [2.75, 3.05) is 25.3 Å². The van der Waals surface area contributed by atoms with Crippen molar-refractivity contribution < 1.29 is 14.3 Å². The maximum atomic E-state index is 12.6. The third-order valence-corrected chi connectivity index (χ3v) is 5.72. The molecule has 0 aliphatic heterocycles. The van der Waals surface area contributed by atoms with Gasteiger partial charge in [0.2, 0.25) is 5.91 Å². The molecule has 0 aliphatic carbocycles. The molecule has 2 aromatic heterocycles. The predicted octanol–water partition coefficient (Wildman–Crippen LogP) is 4.25. The molecule has 0 atom stereocenters. The number of amides is 1. The Kier molecular flexibility index (Phi) is 5.50. The minimum absolute atomic E-state index is 0.170. The lowest BCUT2D eigenvalue weighted by atomic mass is 10.1. The molecule has 0 fully saturated rings. The van der Waals surface area contributed by atoms with Crippen molar-refractivity contribution in [3.63, 3.8) is 0 Å². The first kappa shape index (κ1) is 20.0. The third kappa shape index (κ3) is 3.78. The molecule has 0 radical (unpaired) electrons. The van der Waals surface area contributed by atoms with Crippen molar-refractivity contribution in [3.8, 4) is 11.5 Å². The van der Waals surface area contributed by atoms with E-state index >= 15 is 0 Å². The number of carbonyl (C=O) groups is 1. The van der Waals surface area contributed by atoms with Crippen molar-refractivity contribution in [2.45, 2.75) is 19.0 Å². The van der Waals surface area contributed by atoms with Crippen LogP contribution in [0.25, 0.3) is 16.6 Å². The number of benzene rings is 2. The monoisotopic (exact) mass is 422 g/mol. The molecule has 4 aromatic rings. The van der Waals surface area contributed by atoms with E-state index in [1.165, 1.54) is 17.3 Å². The van der Waals surface area contributed by atoms with E-state index < -0.39 is 0 Å². The summed E-state index contributed by atoms with van der Waals surface area (Å²) in [5, 5.41) is 13.3. The zero-order valence-electron chi connectivity index (χ0n) is 17.2. The molecule has 0 unspecified atom stereocenters. The number of aromatic nitrogens is 3. The van der Waals surface area contributed by atoms with Crippen LogP contribution in [0.15, 0.2) is 47.6 Å². The maximum Gasteiger partial charge on any atom is 0.234 e. The molecule has 30 heavy (non-hydrogen) atoms. The van der Waals surface area contributed by atoms with Gasteiger partial charge in [0.05, 0.1) is 31.2 Å². The number of anilines is 1. The zero-order valence-corrected chi connectivity index (χ0v) is 18.0. The van der Waals surface area contributed by atoms with Gasteiger partial charge in [-0.2, -0.15) is 0 Å². The normalized spacial score (nSPS) is 11.1. The molecule has 1 N–H and O–H groups in total. The highest BCUT2D eigenvalue weighted by Gasteiger charge is 2.15. The fraction of sp³-hybridized carbons (Fsp3) is 0.227. The van der Waals surface area contributed by atoms with Crippen LogP contribution in [0, 0.1) is 13.8 Å². The number of hydrogen-bond acceptors (Lipinski definition) is 6. The number of ether oxygens (including phenoxy) is 2. The van der Waals surface area contributed by atoms with Crippen molar-refractivity contribution in [2.24, 2.45) is 0 Å². The van der Waals surface area contributed by atoms with Crippen molar-refractivity contribution in [1.29, 1.82) is 0 Å². The van der Waals surface area contributed by atoms with Crippen LogP contribution in [0.1, 0.15) is 11.1 Å². The van der Waals surface area contributed by atoms with Crippen LogP contribution in [0.4, 0.5) is 5.69 Å². The van der Waals surface area contributed by atoms with Crippen LogP contribution in [-0.2, 0) is 4.79 Å². The Bertz CT molecular complexity index is 1250. The van der Waals surface area contributed by atoms with Gasteiger partial charge in [0.25, 0.3) is 0 Å². The zero-order chi connectivity index (χ0) is 21.3. The first-order chi connectivity index (χ1) is 14.5. The van der Waals surface area contributed by atoms with E-state index in [0.717, 1.165) is 22.1 Å². The molecule has 0 saturated heterocycles. The van der Waals surface area contributed by atoms with E-state index in [2.05, 4.69) is 46.7 Å². The summed E-state index contributed by atoms with van der Waals surface area (Å²) in [7, 11) is 3.14. The van der Waals surface area contributed by atoms with Gasteiger partial charge in [-0.1, -0.05) is 23.4 Å². The average Bonchev–Trinajstić information content (AvgIpc) is 3.17. The molecule has 4 rings (SSSR count). The van der Waals surface area contributed by atoms with Gasteiger partial charge in [0, 0.05) is 6.07 Å². The number of hydrogen-bond donors (Lipinski definition) is 1. The number of pyridine rings is 1. The fourth-order valence-corrected chi connectivity index (χ4v) is 4.10. The van der Waals surface area contributed by atoms with E-state index in [-0.39, 0.29) is 11.7 Å². The first-order valence-corrected chi connectivity index (χ1v) is 10.4. The Morgan fingerprint density at radius 2 is 1.90 bits per heavy atom. The highest BCUT2D eigenvalue weighted by molar-refractivity contribution is 7.99. The van der Waals surface area contributed by atoms with Crippen LogP contribution in [-0.4, -0.2) is 40.5 Å². The van der Waals surface area contributed by atoms with Gasteiger partial charge in [-0.3, -0.25) is 9.20 Å². The summed E-state index contributed by atoms with van der Waals surface area (Å²) in [4.78, 5) is 12.6. The number of methoxy groups -OCH3 is 2. The Hall–Kier alpha value is -3.26. The number of rotatable bonds is 6.